The van der Waals surface area contributed by atoms with Gasteiger partial charge in [-0.05, 0) is 50.4 Å². The number of rotatable bonds is 1. The average molecular weight is 275 g/mol. The Morgan fingerprint density at radius 2 is 1.75 bits per heavy atom. The fraction of sp³-hybridized carbons (Fsp3) is 0.562. The van der Waals surface area contributed by atoms with Crippen molar-refractivity contribution in [3.8, 4) is 0 Å². The third-order valence-corrected chi connectivity index (χ3v) is 4.18. The number of carbonyl (C=O) groups excluding carboxylic acids is 1. The summed E-state index contributed by atoms with van der Waals surface area (Å²) in [6, 6.07) is 7.47. The number of carbonyl (C=O) groups is 1. The molecule has 1 aromatic carbocycles. The van der Waals surface area contributed by atoms with Crippen molar-refractivity contribution in [1.29, 1.82) is 0 Å². The Morgan fingerprint density at radius 3 is 2.20 bits per heavy atom. The maximum Gasteiger partial charge on any atom is 0.314 e. The minimum absolute atomic E-state index is 0.0463. The minimum Gasteiger partial charge on any atom is -0.336 e. The van der Waals surface area contributed by atoms with Crippen molar-refractivity contribution in [2.75, 3.05) is 19.6 Å². The molecule has 0 radical (unpaired) electrons. The van der Waals surface area contributed by atoms with Crippen LogP contribution < -0.4 is 16.0 Å². The number of amides is 2. The summed E-state index contributed by atoms with van der Waals surface area (Å²) < 4.78 is 0. The highest BCUT2D eigenvalue weighted by Crippen LogP contribution is 2.28. The summed E-state index contributed by atoms with van der Waals surface area (Å²) in [6.07, 6.45) is 1.28. The Balaban J connectivity index is 0.000000205. The molecule has 2 aliphatic heterocycles. The summed E-state index contributed by atoms with van der Waals surface area (Å²) in [5.74, 6) is 0.717. The van der Waals surface area contributed by atoms with E-state index in [1.54, 1.807) is 0 Å². The lowest BCUT2D eigenvalue weighted by atomic mass is 9.91. The molecule has 3 rings (SSSR count). The predicted octanol–water partition coefficient (Wildman–Crippen LogP) is 2.07. The predicted molar refractivity (Wildman–Crippen MR) is 82.1 cm³/mol. The van der Waals surface area contributed by atoms with Crippen LogP contribution in [0.5, 0.6) is 0 Å². The number of hydrogen-bond acceptors (Lipinski definition) is 2. The van der Waals surface area contributed by atoms with Crippen LogP contribution in [0.3, 0.4) is 0 Å². The van der Waals surface area contributed by atoms with Crippen molar-refractivity contribution in [1.82, 2.24) is 16.0 Å². The number of hydrogen-bond donors (Lipinski definition) is 3. The van der Waals surface area contributed by atoms with Gasteiger partial charge in [0.1, 0.15) is 0 Å². The van der Waals surface area contributed by atoms with Gasteiger partial charge in [0.2, 0.25) is 0 Å². The molecule has 2 atom stereocenters. The first-order valence-electron chi connectivity index (χ1n) is 7.40. The summed E-state index contributed by atoms with van der Waals surface area (Å²) in [6.45, 7) is 9.38. The van der Waals surface area contributed by atoms with Gasteiger partial charge in [0.05, 0.1) is 0 Å². The molecule has 2 heterocycles. The smallest absolute Gasteiger partial charge is 0.314 e. The molecular weight excluding hydrogens is 250 g/mol. The van der Waals surface area contributed by atoms with E-state index in [1.807, 2.05) is 0 Å². The molecule has 2 fully saturated rings. The molecule has 1 aromatic rings. The molecule has 0 bridgehead atoms. The van der Waals surface area contributed by atoms with Gasteiger partial charge in [-0.15, -0.1) is 0 Å². The first-order chi connectivity index (χ1) is 9.58. The van der Waals surface area contributed by atoms with Crippen molar-refractivity contribution >= 4 is 6.03 Å². The first-order valence-corrected chi connectivity index (χ1v) is 7.40. The van der Waals surface area contributed by atoms with Gasteiger partial charge in [0, 0.05) is 25.0 Å². The molecule has 0 saturated carbocycles. The van der Waals surface area contributed by atoms with Crippen LogP contribution in [-0.4, -0.2) is 31.7 Å². The van der Waals surface area contributed by atoms with Crippen LogP contribution in [-0.2, 0) is 0 Å². The number of benzene rings is 1. The van der Waals surface area contributed by atoms with E-state index in [2.05, 4.69) is 54.9 Å². The molecule has 0 aliphatic carbocycles. The van der Waals surface area contributed by atoms with Gasteiger partial charge in [-0.25, -0.2) is 4.79 Å². The quantitative estimate of drug-likeness (QED) is 0.735. The maximum absolute atomic E-state index is 10.0. The second-order valence-corrected chi connectivity index (χ2v) is 5.66. The van der Waals surface area contributed by atoms with Crippen LogP contribution in [0.15, 0.2) is 18.2 Å². The van der Waals surface area contributed by atoms with E-state index in [0.717, 1.165) is 13.1 Å². The monoisotopic (exact) mass is 275 g/mol. The van der Waals surface area contributed by atoms with Gasteiger partial charge < -0.3 is 16.0 Å². The summed E-state index contributed by atoms with van der Waals surface area (Å²) >= 11 is 0. The molecule has 4 nitrogen and oxygen atoms in total. The van der Waals surface area contributed by atoms with Crippen LogP contribution >= 0.6 is 0 Å². The SMILES string of the molecule is Cc1ccc(C2CCN[C@@H]2C)cc1C.O=C1NCCN1. The highest BCUT2D eigenvalue weighted by atomic mass is 16.2. The summed E-state index contributed by atoms with van der Waals surface area (Å²) in [5.41, 5.74) is 4.32. The van der Waals surface area contributed by atoms with Gasteiger partial charge >= 0.3 is 6.03 Å². The Labute approximate surface area is 121 Å². The van der Waals surface area contributed by atoms with Crippen LogP contribution in [0, 0.1) is 13.8 Å². The molecule has 110 valence electrons. The summed E-state index contributed by atoms with van der Waals surface area (Å²) in [7, 11) is 0. The molecule has 1 unspecified atom stereocenters. The zero-order valence-electron chi connectivity index (χ0n) is 12.6. The van der Waals surface area contributed by atoms with E-state index in [4.69, 9.17) is 0 Å². The summed E-state index contributed by atoms with van der Waals surface area (Å²) in [4.78, 5) is 10.0. The van der Waals surface area contributed by atoms with E-state index in [1.165, 1.54) is 29.7 Å². The Morgan fingerprint density at radius 1 is 1.05 bits per heavy atom. The largest absolute Gasteiger partial charge is 0.336 e. The molecule has 4 heteroatoms. The highest BCUT2D eigenvalue weighted by Gasteiger charge is 2.24. The second-order valence-electron chi connectivity index (χ2n) is 5.66. The molecule has 0 spiro atoms. The van der Waals surface area contributed by atoms with Gasteiger partial charge in [0.15, 0.2) is 0 Å². The lowest BCUT2D eigenvalue weighted by Gasteiger charge is -2.16. The number of urea groups is 1. The third kappa shape index (κ3) is 3.73. The molecular formula is C16H25N3O. The fourth-order valence-corrected chi connectivity index (χ4v) is 2.72. The van der Waals surface area contributed by atoms with E-state index in [9.17, 15) is 4.79 Å². The van der Waals surface area contributed by atoms with Gasteiger partial charge in [0.25, 0.3) is 0 Å². The molecule has 2 aliphatic rings. The zero-order chi connectivity index (χ0) is 14.5. The van der Waals surface area contributed by atoms with Crippen molar-refractivity contribution in [3.63, 3.8) is 0 Å². The normalized spacial score (nSPS) is 24.6. The van der Waals surface area contributed by atoms with Crippen LogP contribution in [0.25, 0.3) is 0 Å². The number of nitrogens with one attached hydrogen (secondary N) is 3. The topological polar surface area (TPSA) is 53.2 Å². The number of aryl methyl sites for hydroxylation is 2. The minimum atomic E-state index is -0.0463. The standard InChI is InChI=1S/C13H19N.C3H6N2O/c1-9-4-5-12(8-10(9)2)13-6-7-14-11(13)3;6-3-4-1-2-5-3/h4-5,8,11,13-14H,6-7H2,1-3H3;1-2H2,(H2,4,5,6)/t11-,13?;/m1./s1. The average Bonchev–Trinajstić information content (AvgIpc) is 3.05. The Hall–Kier alpha value is -1.55. The fourth-order valence-electron chi connectivity index (χ4n) is 2.72. The van der Waals surface area contributed by atoms with Crippen molar-refractivity contribution in [3.05, 3.63) is 34.9 Å². The van der Waals surface area contributed by atoms with Crippen LogP contribution in [0.1, 0.15) is 36.0 Å². The lowest BCUT2D eigenvalue weighted by Crippen LogP contribution is -2.21. The molecule has 3 N–H and O–H groups in total. The zero-order valence-corrected chi connectivity index (χ0v) is 12.6. The molecule has 0 aromatic heterocycles. The van der Waals surface area contributed by atoms with E-state index in [0.29, 0.717) is 12.0 Å². The van der Waals surface area contributed by atoms with Gasteiger partial charge in [-0.3, -0.25) is 0 Å². The van der Waals surface area contributed by atoms with Crippen molar-refractivity contribution < 1.29 is 4.79 Å². The van der Waals surface area contributed by atoms with Crippen LogP contribution in [0.4, 0.5) is 4.79 Å². The highest BCUT2D eigenvalue weighted by molar-refractivity contribution is 5.75. The van der Waals surface area contributed by atoms with Crippen molar-refractivity contribution in [2.24, 2.45) is 0 Å². The maximum atomic E-state index is 10.0. The van der Waals surface area contributed by atoms with Crippen LogP contribution in [0.2, 0.25) is 0 Å². The third-order valence-electron chi connectivity index (χ3n) is 4.18. The Kier molecular flexibility index (Phi) is 5.01. The van der Waals surface area contributed by atoms with E-state index in [-0.39, 0.29) is 6.03 Å². The van der Waals surface area contributed by atoms with Gasteiger partial charge in [-0.2, -0.15) is 0 Å². The van der Waals surface area contributed by atoms with E-state index < -0.39 is 0 Å². The second kappa shape index (κ2) is 6.75. The Bertz CT molecular complexity index is 465. The first kappa shape index (κ1) is 14.9. The lowest BCUT2D eigenvalue weighted by molar-refractivity contribution is 0.248. The molecule has 2 saturated heterocycles. The van der Waals surface area contributed by atoms with E-state index >= 15 is 0 Å². The molecule has 2 amide bonds. The van der Waals surface area contributed by atoms with Gasteiger partial charge in [-0.1, -0.05) is 18.2 Å². The van der Waals surface area contributed by atoms with Crippen molar-refractivity contribution in [2.45, 2.75) is 39.2 Å². The summed E-state index contributed by atoms with van der Waals surface area (Å²) in [5, 5.41) is 8.64. The molecule has 20 heavy (non-hydrogen) atoms.